The molecule has 0 bridgehead atoms. The van der Waals surface area contributed by atoms with Crippen LogP contribution in [0.15, 0.2) is 102 Å². The number of thioether (sulfide) groups is 1. The lowest BCUT2D eigenvalue weighted by molar-refractivity contribution is -0.114. The van der Waals surface area contributed by atoms with E-state index < -0.39 is 17.6 Å². The first-order chi connectivity index (χ1) is 19.7. The van der Waals surface area contributed by atoms with Crippen LogP contribution in [0.3, 0.4) is 0 Å². The van der Waals surface area contributed by atoms with E-state index in [4.69, 9.17) is 23.2 Å². The fourth-order valence-electron chi connectivity index (χ4n) is 3.63. The third kappa shape index (κ3) is 8.44. The first-order valence-electron chi connectivity index (χ1n) is 12.3. The molecule has 0 atom stereocenters. The minimum Gasteiger partial charge on any atom is -0.325 e. The third-order valence-corrected chi connectivity index (χ3v) is 7.35. The molecular weight excluding hydrogens is 584 g/mol. The van der Waals surface area contributed by atoms with E-state index in [0.717, 1.165) is 10.5 Å². The molecule has 0 radical (unpaired) electrons. The molecule has 0 aromatic heterocycles. The van der Waals surface area contributed by atoms with Gasteiger partial charge in [0, 0.05) is 32.4 Å². The number of hydrogen-bond donors (Lipinski definition) is 3. The monoisotopic (exact) mass is 607 g/mol. The molecule has 208 valence electrons. The van der Waals surface area contributed by atoms with Crippen molar-refractivity contribution in [2.24, 2.45) is 0 Å². The maximum absolute atomic E-state index is 14.5. The van der Waals surface area contributed by atoms with E-state index in [9.17, 15) is 18.8 Å². The highest BCUT2D eigenvalue weighted by atomic mass is 35.5. The Morgan fingerprint density at radius 1 is 0.878 bits per heavy atom. The maximum atomic E-state index is 14.5. The summed E-state index contributed by atoms with van der Waals surface area (Å²) in [7, 11) is 0. The van der Waals surface area contributed by atoms with Crippen molar-refractivity contribution in [2.45, 2.75) is 11.8 Å². The van der Waals surface area contributed by atoms with E-state index in [0.29, 0.717) is 22.0 Å². The van der Waals surface area contributed by atoms with Crippen LogP contribution in [0, 0.1) is 12.7 Å². The predicted octanol–water partition coefficient (Wildman–Crippen LogP) is 7.58. The number of nitrogens with one attached hydrogen (secondary N) is 3. The number of benzene rings is 4. The fourth-order valence-corrected chi connectivity index (χ4v) is 4.72. The van der Waals surface area contributed by atoms with E-state index in [1.54, 1.807) is 66.7 Å². The highest BCUT2D eigenvalue weighted by Gasteiger charge is 2.17. The molecular formula is C31H24Cl2FN3O3S. The fraction of sp³-hybridized carbons (Fsp3) is 0.0645. The topological polar surface area (TPSA) is 87.3 Å². The second-order valence-electron chi connectivity index (χ2n) is 8.79. The van der Waals surface area contributed by atoms with Gasteiger partial charge in [0.25, 0.3) is 11.8 Å². The van der Waals surface area contributed by atoms with Gasteiger partial charge in [0.15, 0.2) is 0 Å². The summed E-state index contributed by atoms with van der Waals surface area (Å²) in [5, 5.41) is 8.73. The largest absolute Gasteiger partial charge is 0.325 e. The van der Waals surface area contributed by atoms with Gasteiger partial charge in [-0.15, -0.1) is 11.8 Å². The molecule has 0 aliphatic rings. The smallest absolute Gasteiger partial charge is 0.272 e. The highest BCUT2D eigenvalue weighted by Crippen LogP contribution is 2.25. The Morgan fingerprint density at radius 2 is 1.61 bits per heavy atom. The van der Waals surface area contributed by atoms with Crippen molar-refractivity contribution in [3.63, 3.8) is 0 Å². The summed E-state index contributed by atoms with van der Waals surface area (Å²) in [5.74, 6) is -1.89. The number of hydrogen-bond acceptors (Lipinski definition) is 4. The molecule has 0 saturated heterocycles. The zero-order valence-electron chi connectivity index (χ0n) is 21.7. The van der Waals surface area contributed by atoms with Crippen LogP contribution in [0.4, 0.5) is 15.8 Å². The average molecular weight is 609 g/mol. The Labute approximate surface area is 250 Å². The summed E-state index contributed by atoms with van der Waals surface area (Å²) in [5.41, 5.74) is 2.07. The number of halogens is 3. The Bertz CT molecular complexity index is 1590. The molecule has 0 spiro atoms. The van der Waals surface area contributed by atoms with E-state index in [1.807, 2.05) is 13.0 Å². The van der Waals surface area contributed by atoms with Crippen LogP contribution in [0.2, 0.25) is 10.0 Å². The normalized spacial score (nSPS) is 11.1. The van der Waals surface area contributed by atoms with Gasteiger partial charge < -0.3 is 16.0 Å². The molecule has 4 rings (SSSR count). The van der Waals surface area contributed by atoms with Crippen LogP contribution < -0.4 is 16.0 Å². The molecule has 0 saturated carbocycles. The van der Waals surface area contributed by atoms with Gasteiger partial charge in [-0.1, -0.05) is 53.5 Å². The van der Waals surface area contributed by atoms with E-state index in [2.05, 4.69) is 16.0 Å². The van der Waals surface area contributed by atoms with Gasteiger partial charge in [-0.25, -0.2) is 4.39 Å². The van der Waals surface area contributed by atoms with Gasteiger partial charge in [-0.3, -0.25) is 14.4 Å². The lowest BCUT2D eigenvalue weighted by Gasteiger charge is -2.12. The molecule has 0 unspecified atom stereocenters. The number of carbonyl (C=O) groups is 3. The van der Waals surface area contributed by atoms with Crippen molar-refractivity contribution >= 4 is 70.1 Å². The SMILES string of the molecule is Cc1ccc(Cl)cc1NC(=O)CSc1ccc(NC(=O)/C(=C/c2c(F)cccc2Cl)NC(=O)c2ccccc2)cc1. The molecule has 4 aromatic carbocycles. The Balaban J connectivity index is 1.44. The van der Waals surface area contributed by atoms with Crippen LogP contribution in [0.5, 0.6) is 0 Å². The van der Waals surface area contributed by atoms with Gasteiger partial charge in [-0.05, 0) is 79.2 Å². The summed E-state index contributed by atoms with van der Waals surface area (Å²) in [6, 6.07) is 24.5. The van der Waals surface area contributed by atoms with E-state index >= 15 is 0 Å². The molecule has 41 heavy (non-hydrogen) atoms. The van der Waals surface area contributed by atoms with Crippen molar-refractivity contribution in [2.75, 3.05) is 16.4 Å². The summed E-state index contributed by atoms with van der Waals surface area (Å²) in [4.78, 5) is 39.2. The molecule has 4 aromatic rings. The molecule has 3 amide bonds. The van der Waals surface area contributed by atoms with Crippen LogP contribution in [-0.4, -0.2) is 23.5 Å². The minimum absolute atomic E-state index is 0.0364. The van der Waals surface area contributed by atoms with Crippen LogP contribution in [0.1, 0.15) is 21.5 Å². The van der Waals surface area contributed by atoms with Crippen LogP contribution in [0.25, 0.3) is 6.08 Å². The summed E-state index contributed by atoms with van der Waals surface area (Å²) >= 11 is 13.5. The van der Waals surface area contributed by atoms with Crippen LogP contribution >= 0.6 is 35.0 Å². The van der Waals surface area contributed by atoms with Gasteiger partial charge in [0.2, 0.25) is 5.91 Å². The van der Waals surface area contributed by atoms with Crippen molar-refractivity contribution in [1.82, 2.24) is 5.32 Å². The Kier molecular flexibility index (Phi) is 10.2. The first-order valence-corrected chi connectivity index (χ1v) is 14.1. The second kappa shape index (κ2) is 14.0. The Morgan fingerprint density at radius 3 is 2.32 bits per heavy atom. The van der Waals surface area contributed by atoms with Crippen LogP contribution in [-0.2, 0) is 9.59 Å². The molecule has 3 N–H and O–H groups in total. The van der Waals surface area contributed by atoms with Gasteiger partial charge in [-0.2, -0.15) is 0 Å². The average Bonchev–Trinajstić information content (AvgIpc) is 2.96. The van der Waals surface area contributed by atoms with Crippen molar-refractivity contribution < 1.29 is 18.8 Å². The highest BCUT2D eigenvalue weighted by molar-refractivity contribution is 8.00. The quantitative estimate of drug-likeness (QED) is 0.135. The number of amides is 3. The number of carbonyl (C=O) groups excluding carboxylic acids is 3. The molecule has 6 nitrogen and oxygen atoms in total. The lowest BCUT2D eigenvalue weighted by Crippen LogP contribution is -2.30. The maximum Gasteiger partial charge on any atom is 0.272 e. The Hall–Kier alpha value is -4.11. The van der Waals surface area contributed by atoms with Gasteiger partial charge in [0.1, 0.15) is 11.5 Å². The summed E-state index contributed by atoms with van der Waals surface area (Å²) in [6.45, 7) is 1.88. The second-order valence-corrected chi connectivity index (χ2v) is 10.7. The zero-order valence-corrected chi connectivity index (χ0v) is 24.0. The standard InChI is InChI=1S/C31H24Cl2FN3O3S/c1-19-10-11-21(32)16-27(19)36-29(38)18-41-23-14-12-22(13-15-23)35-31(40)28(17-24-25(33)8-5-9-26(24)34)37-30(39)20-6-3-2-4-7-20/h2-17H,18H2,1H3,(H,35,40)(H,36,38)(H,37,39)/b28-17-. The number of aryl methyl sites for hydroxylation is 1. The van der Waals surface area contributed by atoms with Gasteiger partial charge >= 0.3 is 0 Å². The number of anilines is 2. The lowest BCUT2D eigenvalue weighted by atomic mass is 10.1. The molecule has 0 aliphatic heterocycles. The van der Waals surface area contributed by atoms with Gasteiger partial charge in [0.05, 0.1) is 10.8 Å². The molecule has 0 heterocycles. The van der Waals surface area contributed by atoms with E-state index in [1.165, 1.54) is 36.0 Å². The van der Waals surface area contributed by atoms with Crippen molar-refractivity contribution in [3.8, 4) is 0 Å². The number of rotatable bonds is 9. The summed E-state index contributed by atoms with van der Waals surface area (Å²) in [6.07, 6.45) is 1.19. The predicted molar refractivity (Wildman–Crippen MR) is 164 cm³/mol. The third-order valence-electron chi connectivity index (χ3n) is 5.77. The zero-order chi connectivity index (χ0) is 29.4. The molecule has 0 aliphatic carbocycles. The summed E-state index contributed by atoms with van der Waals surface area (Å²) < 4.78 is 14.5. The van der Waals surface area contributed by atoms with Crippen molar-refractivity contribution in [1.29, 1.82) is 0 Å². The van der Waals surface area contributed by atoms with E-state index in [-0.39, 0.29) is 27.9 Å². The molecule has 10 heteroatoms. The molecule has 0 fully saturated rings. The van der Waals surface area contributed by atoms with Crippen molar-refractivity contribution in [3.05, 3.63) is 129 Å². The minimum atomic E-state index is -0.676. The first kappa shape index (κ1) is 29.9.